The molecule has 1 aliphatic rings. The van der Waals surface area contributed by atoms with Gasteiger partial charge in [0.05, 0.1) is 11.7 Å². The molecule has 0 saturated carbocycles. The summed E-state index contributed by atoms with van der Waals surface area (Å²) >= 11 is 0. The molecule has 82 valence electrons. The zero-order chi connectivity index (χ0) is 10.8. The lowest BCUT2D eigenvalue weighted by Gasteiger charge is -2.29. The number of aromatic nitrogens is 4. The lowest BCUT2D eigenvalue weighted by molar-refractivity contribution is 0.472. The summed E-state index contributed by atoms with van der Waals surface area (Å²) in [6, 6.07) is 4.39. The SMILES string of the molecule is c1cnc(-n2cncn2)c(NC2CNC2)c1. The van der Waals surface area contributed by atoms with Gasteiger partial charge in [-0.3, -0.25) is 0 Å². The fourth-order valence-electron chi connectivity index (χ4n) is 1.62. The van der Waals surface area contributed by atoms with Crippen LogP contribution >= 0.6 is 0 Å². The minimum absolute atomic E-state index is 0.478. The van der Waals surface area contributed by atoms with Crippen molar-refractivity contribution < 1.29 is 0 Å². The Hall–Kier alpha value is -1.95. The van der Waals surface area contributed by atoms with Gasteiger partial charge in [-0.1, -0.05) is 0 Å². The van der Waals surface area contributed by atoms with Gasteiger partial charge in [-0.2, -0.15) is 5.10 Å². The fourth-order valence-corrected chi connectivity index (χ4v) is 1.62. The van der Waals surface area contributed by atoms with Gasteiger partial charge < -0.3 is 10.6 Å². The van der Waals surface area contributed by atoms with E-state index in [9.17, 15) is 0 Å². The molecule has 1 aliphatic heterocycles. The van der Waals surface area contributed by atoms with E-state index in [1.807, 2.05) is 12.1 Å². The molecule has 0 unspecified atom stereocenters. The summed E-state index contributed by atoms with van der Waals surface area (Å²) < 4.78 is 1.66. The third-order valence-corrected chi connectivity index (χ3v) is 2.56. The minimum Gasteiger partial charge on any atom is -0.377 e. The minimum atomic E-state index is 0.478. The van der Waals surface area contributed by atoms with Crippen molar-refractivity contribution in [1.29, 1.82) is 0 Å². The van der Waals surface area contributed by atoms with Crippen molar-refractivity contribution in [1.82, 2.24) is 25.1 Å². The van der Waals surface area contributed by atoms with E-state index in [2.05, 4.69) is 25.7 Å². The second kappa shape index (κ2) is 3.90. The molecule has 0 bridgehead atoms. The molecule has 6 heteroatoms. The maximum atomic E-state index is 4.31. The Morgan fingerprint density at radius 1 is 1.44 bits per heavy atom. The smallest absolute Gasteiger partial charge is 0.178 e. The normalized spacial score (nSPS) is 15.8. The van der Waals surface area contributed by atoms with Crippen molar-refractivity contribution in [3.05, 3.63) is 31.0 Å². The first-order valence-corrected chi connectivity index (χ1v) is 5.21. The molecule has 6 nitrogen and oxygen atoms in total. The average Bonchev–Trinajstić information content (AvgIpc) is 2.77. The quantitative estimate of drug-likeness (QED) is 0.758. The van der Waals surface area contributed by atoms with Gasteiger partial charge >= 0.3 is 0 Å². The maximum Gasteiger partial charge on any atom is 0.178 e. The van der Waals surface area contributed by atoms with E-state index < -0.39 is 0 Å². The van der Waals surface area contributed by atoms with Gasteiger partial charge in [0, 0.05) is 19.3 Å². The van der Waals surface area contributed by atoms with E-state index in [0.29, 0.717) is 6.04 Å². The van der Waals surface area contributed by atoms with Crippen LogP contribution in [0, 0.1) is 0 Å². The third-order valence-electron chi connectivity index (χ3n) is 2.56. The highest BCUT2D eigenvalue weighted by Gasteiger charge is 2.18. The molecule has 3 rings (SSSR count). The number of hydrogen-bond donors (Lipinski definition) is 2. The van der Waals surface area contributed by atoms with E-state index in [-0.39, 0.29) is 0 Å². The summed E-state index contributed by atoms with van der Waals surface area (Å²) in [5.41, 5.74) is 0.986. The van der Waals surface area contributed by atoms with Crippen LogP contribution in [-0.4, -0.2) is 38.9 Å². The van der Waals surface area contributed by atoms with Crippen LogP contribution in [0.2, 0.25) is 0 Å². The Morgan fingerprint density at radius 2 is 2.38 bits per heavy atom. The first-order valence-electron chi connectivity index (χ1n) is 5.21. The molecule has 0 aromatic carbocycles. The van der Waals surface area contributed by atoms with Crippen molar-refractivity contribution in [3.8, 4) is 5.82 Å². The van der Waals surface area contributed by atoms with E-state index >= 15 is 0 Å². The molecule has 0 atom stereocenters. The van der Waals surface area contributed by atoms with Crippen LogP contribution in [0.5, 0.6) is 0 Å². The van der Waals surface area contributed by atoms with Gasteiger partial charge in [0.1, 0.15) is 12.7 Å². The van der Waals surface area contributed by atoms with Gasteiger partial charge in [0.2, 0.25) is 0 Å². The lowest BCUT2D eigenvalue weighted by atomic mass is 10.2. The standard InChI is InChI=1S/C10H12N6/c1-2-9(15-8-4-11-5-8)10(13-3-1)16-7-12-6-14-16/h1-3,6-8,11,15H,4-5H2. The van der Waals surface area contributed by atoms with Gasteiger partial charge in [-0.05, 0) is 12.1 Å². The number of hydrogen-bond acceptors (Lipinski definition) is 5. The second-order valence-electron chi connectivity index (χ2n) is 3.71. The molecule has 0 aliphatic carbocycles. The molecule has 1 fully saturated rings. The molecule has 2 aromatic rings. The topological polar surface area (TPSA) is 67.7 Å². The zero-order valence-corrected chi connectivity index (χ0v) is 8.67. The van der Waals surface area contributed by atoms with Crippen LogP contribution in [0.3, 0.4) is 0 Å². The Balaban J connectivity index is 1.91. The van der Waals surface area contributed by atoms with Crippen molar-refractivity contribution in [3.63, 3.8) is 0 Å². The maximum absolute atomic E-state index is 4.31. The van der Waals surface area contributed by atoms with Gasteiger partial charge in [-0.25, -0.2) is 14.6 Å². The van der Waals surface area contributed by atoms with E-state index in [1.165, 1.54) is 6.33 Å². The van der Waals surface area contributed by atoms with Gasteiger partial charge in [-0.15, -0.1) is 0 Å². The van der Waals surface area contributed by atoms with Crippen LogP contribution in [0.4, 0.5) is 5.69 Å². The number of pyridine rings is 1. The Kier molecular flexibility index (Phi) is 2.26. The first-order chi connectivity index (χ1) is 7.93. The highest BCUT2D eigenvalue weighted by Crippen LogP contribution is 2.17. The lowest BCUT2D eigenvalue weighted by Crippen LogP contribution is -2.51. The summed E-state index contributed by atoms with van der Waals surface area (Å²) in [5, 5.41) is 10.7. The number of anilines is 1. The molecular formula is C10H12N6. The largest absolute Gasteiger partial charge is 0.377 e. The predicted molar refractivity (Wildman–Crippen MR) is 59.4 cm³/mol. The summed E-state index contributed by atoms with van der Waals surface area (Å²) in [5.74, 6) is 0.784. The highest BCUT2D eigenvalue weighted by atomic mass is 15.3. The second-order valence-corrected chi connectivity index (χ2v) is 3.71. The summed E-state index contributed by atoms with van der Waals surface area (Å²) in [4.78, 5) is 8.23. The average molecular weight is 216 g/mol. The van der Waals surface area contributed by atoms with Gasteiger partial charge in [0.15, 0.2) is 5.82 Å². The monoisotopic (exact) mass is 216 g/mol. The van der Waals surface area contributed by atoms with E-state index in [4.69, 9.17) is 0 Å². The Morgan fingerprint density at radius 3 is 3.06 bits per heavy atom. The number of nitrogens with zero attached hydrogens (tertiary/aromatic N) is 4. The van der Waals surface area contributed by atoms with Gasteiger partial charge in [0.25, 0.3) is 0 Å². The van der Waals surface area contributed by atoms with Crippen molar-refractivity contribution in [2.24, 2.45) is 0 Å². The first kappa shape index (κ1) is 9.29. The zero-order valence-electron chi connectivity index (χ0n) is 8.67. The molecule has 1 saturated heterocycles. The molecule has 0 radical (unpaired) electrons. The molecule has 2 N–H and O–H groups in total. The van der Waals surface area contributed by atoms with Crippen molar-refractivity contribution in [2.75, 3.05) is 18.4 Å². The van der Waals surface area contributed by atoms with Crippen molar-refractivity contribution >= 4 is 5.69 Å². The predicted octanol–water partition coefficient (Wildman–Crippen LogP) is 0.0460. The van der Waals surface area contributed by atoms with E-state index in [1.54, 1.807) is 17.2 Å². The molecule has 16 heavy (non-hydrogen) atoms. The number of nitrogens with one attached hydrogen (secondary N) is 2. The Bertz CT molecular complexity index is 462. The fraction of sp³-hybridized carbons (Fsp3) is 0.300. The highest BCUT2D eigenvalue weighted by molar-refractivity contribution is 5.57. The molecule has 0 amide bonds. The molecular weight excluding hydrogens is 204 g/mol. The van der Waals surface area contributed by atoms with Crippen LogP contribution in [-0.2, 0) is 0 Å². The molecule has 3 heterocycles. The van der Waals surface area contributed by atoms with Crippen LogP contribution in [0.15, 0.2) is 31.0 Å². The van der Waals surface area contributed by atoms with Crippen molar-refractivity contribution in [2.45, 2.75) is 6.04 Å². The van der Waals surface area contributed by atoms with E-state index in [0.717, 1.165) is 24.6 Å². The number of rotatable bonds is 3. The van der Waals surface area contributed by atoms with Crippen LogP contribution in [0.25, 0.3) is 5.82 Å². The molecule has 0 spiro atoms. The molecule has 2 aromatic heterocycles. The summed E-state index contributed by atoms with van der Waals surface area (Å²) in [7, 11) is 0. The van der Waals surface area contributed by atoms with Crippen LogP contribution < -0.4 is 10.6 Å². The Labute approximate surface area is 92.7 Å². The summed E-state index contributed by atoms with van der Waals surface area (Å²) in [6.45, 7) is 1.98. The summed E-state index contributed by atoms with van der Waals surface area (Å²) in [6.07, 6.45) is 4.90. The third kappa shape index (κ3) is 1.63. The van der Waals surface area contributed by atoms with Crippen LogP contribution in [0.1, 0.15) is 0 Å².